The maximum Gasteiger partial charge on any atom is 0.411 e. The summed E-state index contributed by atoms with van der Waals surface area (Å²) in [5.41, 5.74) is 0.746. The fraction of sp³-hybridized carbons (Fsp3) is 0.222. The van der Waals surface area contributed by atoms with Crippen molar-refractivity contribution in [2.24, 2.45) is 0 Å². The van der Waals surface area contributed by atoms with Crippen molar-refractivity contribution in [1.29, 1.82) is 0 Å². The van der Waals surface area contributed by atoms with Crippen molar-refractivity contribution in [3.63, 3.8) is 0 Å². The van der Waals surface area contributed by atoms with Gasteiger partial charge in [-0.05, 0) is 19.1 Å². The summed E-state index contributed by atoms with van der Waals surface area (Å²) in [6.07, 6.45) is -0.413. The smallest absolute Gasteiger partial charge is 0.411 e. The predicted molar refractivity (Wildman–Crippen MR) is 54.3 cm³/mol. The van der Waals surface area contributed by atoms with Crippen LogP contribution in [0.4, 0.5) is 10.5 Å². The summed E-state index contributed by atoms with van der Waals surface area (Å²) < 4.78 is 4.70. The number of benzene rings is 1. The van der Waals surface area contributed by atoms with E-state index in [-0.39, 0.29) is 12.4 Å². The second-order valence-electron chi connectivity index (χ2n) is 2.21. The van der Waals surface area contributed by atoms with E-state index in [9.17, 15) is 4.79 Å². The molecule has 13 heavy (non-hydrogen) atoms. The minimum atomic E-state index is -0.413. The molecular formula is C9H12ClNO2. The molecule has 0 aliphatic heterocycles. The van der Waals surface area contributed by atoms with Crippen molar-refractivity contribution >= 4 is 24.2 Å². The molecule has 0 aliphatic rings. The van der Waals surface area contributed by atoms with Gasteiger partial charge in [0.1, 0.15) is 0 Å². The summed E-state index contributed by atoms with van der Waals surface area (Å²) >= 11 is 0. The maximum atomic E-state index is 10.9. The van der Waals surface area contributed by atoms with E-state index >= 15 is 0 Å². The van der Waals surface area contributed by atoms with E-state index < -0.39 is 6.09 Å². The van der Waals surface area contributed by atoms with E-state index in [1.54, 1.807) is 19.1 Å². The summed E-state index contributed by atoms with van der Waals surface area (Å²) in [6.45, 7) is 2.16. The number of ether oxygens (including phenoxy) is 1. The Hall–Kier alpha value is -1.22. The van der Waals surface area contributed by atoms with Gasteiger partial charge in [-0.3, -0.25) is 5.32 Å². The zero-order valence-electron chi connectivity index (χ0n) is 7.32. The summed E-state index contributed by atoms with van der Waals surface area (Å²) in [6, 6.07) is 9.19. The van der Waals surface area contributed by atoms with Crippen molar-refractivity contribution in [2.45, 2.75) is 6.92 Å². The van der Waals surface area contributed by atoms with Crippen LogP contribution in [-0.2, 0) is 4.74 Å². The van der Waals surface area contributed by atoms with Crippen molar-refractivity contribution < 1.29 is 9.53 Å². The van der Waals surface area contributed by atoms with Crippen LogP contribution in [0.2, 0.25) is 0 Å². The maximum absolute atomic E-state index is 10.9. The van der Waals surface area contributed by atoms with Crippen LogP contribution >= 0.6 is 12.4 Å². The second kappa shape index (κ2) is 6.31. The van der Waals surface area contributed by atoms with Crippen molar-refractivity contribution in [2.75, 3.05) is 11.9 Å². The molecule has 1 amide bonds. The van der Waals surface area contributed by atoms with E-state index in [1.165, 1.54) is 0 Å². The van der Waals surface area contributed by atoms with Crippen LogP contribution in [-0.4, -0.2) is 12.7 Å². The number of amides is 1. The number of hydrogen-bond donors (Lipinski definition) is 1. The topological polar surface area (TPSA) is 38.3 Å². The second-order valence-corrected chi connectivity index (χ2v) is 2.21. The molecule has 3 nitrogen and oxygen atoms in total. The highest BCUT2D eigenvalue weighted by molar-refractivity contribution is 5.85. The molecule has 0 fully saturated rings. The van der Waals surface area contributed by atoms with Gasteiger partial charge in [0.05, 0.1) is 6.61 Å². The number of para-hydroxylation sites is 1. The first-order valence-electron chi connectivity index (χ1n) is 3.81. The largest absolute Gasteiger partial charge is 0.450 e. The Balaban J connectivity index is 0.00000144. The first-order valence-corrected chi connectivity index (χ1v) is 3.81. The third-order valence-corrected chi connectivity index (χ3v) is 1.30. The van der Waals surface area contributed by atoms with Crippen LogP contribution in [0.15, 0.2) is 30.3 Å². The monoisotopic (exact) mass is 201 g/mol. The Morgan fingerprint density at radius 1 is 1.38 bits per heavy atom. The third-order valence-electron chi connectivity index (χ3n) is 1.30. The molecule has 1 rings (SSSR count). The quantitative estimate of drug-likeness (QED) is 0.799. The van der Waals surface area contributed by atoms with Crippen LogP contribution in [0.1, 0.15) is 6.92 Å². The van der Waals surface area contributed by atoms with Gasteiger partial charge in [-0.2, -0.15) is 0 Å². The highest BCUT2D eigenvalue weighted by Gasteiger charge is 1.98. The Morgan fingerprint density at radius 2 is 2.00 bits per heavy atom. The van der Waals surface area contributed by atoms with Crippen molar-refractivity contribution in [1.82, 2.24) is 0 Å². The number of carbonyl (C=O) groups excluding carboxylic acids is 1. The molecule has 0 bridgehead atoms. The Labute approximate surface area is 83.5 Å². The molecule has 1 aromatic carbocycles. The molecule has 0 heterocycles. The number of anilines is 1. The molecule has 1 N–H and O–H groups in total. The molecule has 0 aliphatic carbocycles. The average molecular weight is 202 g/mol. The zero-order chi connectivity index (χ0) is 8.81. The summed E-state index contributed by atoms with van der Waals surface area (Å²) in [5.74, 6) is 0. The first-order chi connectivity index (χ1) is 5.83. The van der Waals surface area contributed by atoms with Gasteiger partial charge in [-0.15, -0.1) is 12.4 Å². The SMILES string of the molecule is CCOC(=O)Nc1ccccc1.Cl. The minimum absolute atomic E-state index is 0. The standard InChI is InChI=1S/C9H11NO2.ClH/c1-2-12-9(11)10-8-6-4-3-5-7-8;/h3-7H,2H2,1H3,(H,10,11);1H. The van der Waals surface area contributed by atoms with Crippen LogP contribution in [0, 0.1) is 0 Å². The molecule has 4 heteroatoms. The molecule has 72 valence electrons. The van der Waals surface area contributed by atoms with Crippen LogP contribution in [0.3, 0.4) is 0 Å². The van der Waals surface area contributed by atoms with Crippen LogP contribution < -0.4 is 5.32 Å². The molecular weight excluding hydrogens is 190 g/mol. The van der Waals surface area contributed by atoms with Crippen LogP contribution in [0.25, 0.3) is 0 Å². The summed E-state index contributed by atoms with van der Waals surface area (Å²) in [7, 11) is 0. The lowest BCUT2D eigenvalue weighted by atomic mass is 10.3. The van der Waals surface area contributed by atoms with Gasteiger partial charge in [0.2, 0.25) is 0 Å². The number of halogens is 1. The van der Waals surface area contributed by atoms with Gasteiger partial charge in [0, 0.05) is 5.69 Å². The van der Waals surface area contributed by atoms with E-state index in [2.05, 4.69) is 5.32 Å². The van der Waals surface area contributed by atoms with Gasteiger partial charge in [0.15, 0.2) is 0 Å². The van der Waals surface area contributed by atoms with E-state index in [0.717, 1.165) is 5.69 Å². The summed E-state index contributed by atoms with van der Waals surface area (Å²) in [4.78, 5) is 10.9. The highest BCUT2D eigenvalue weighted by atomic mass is 35.5. The van der Waals surface area contributed by atoms with E-state index in [4.69, 9.17) is 4.74 Å². The molecule has 0 radical (unpaired) electrons. The zero-order valence-corrected chi connectivity index (χ0v) is 8.14. The first kappa shape index (κ1) is 11.8. The number of rotatable bonds is 2. The van der Waals surface area contributed by atoms with Gasteiger partial charge >= 0.3 is 6.09 Å². The van der Waals surface area contributed by atoms with E-state index in [0.29, 0.717) is 6.61 Å². The van der Waals surface area contributed by atoms with Crippen molar-refractivity contribution in [3.8, 4) is 0 Å². The molecule has 0 saturated carbocycles. The minimum Gasteiger partial charge on any atom is -0.450 e. The van der Waals surface area contributed by atoms with Gasteiger partial charge in [-0.25, -0.2) is 4.79 Å². The lowest BCUT2D eigenvalue weighted by Crippen LogP contribution is -2.12. The Bertz CT molecular complexity index is 251. The van der Waals surface area contributed by atoms with Crippen molar-refractivity contribution in [3.05, 3.63) is 30.3 Å². The normalized spacial score (nSPS) is 8.38. The Kier molecular flexibility index (Phi) is 5.72. The van der Waals surface area contributed by atoms with Crippen LogP contribution in [0.5, 0.6) is 0 Å². The van der Waals surface area contributed by atoms with Gasteiger partial charge in [0.25, 0.3) is 0 Å². The molecule has 0 unspecified atom stereocenters. The molecule has 0 spiro atoms. The lowest BCUT2D eigenvalue weighted by molar-refractivity contribution is 0.168. The molecule has 0 aromatic heterocycles. The molecule has 0 atom stereocenters. The van der Waals surface area contributed by atoms with Gasteiger partial charge in [-0.1, -0.05) is 18.2 Å². The average Bonchev–Trinajstić information content (AvgIpc) is 2.06. The lowest BCUT2D eigenvalue weighted by Gasteiger charge is -2.03. The summed E-state index contributed by atoms with van der Waals surface area (Å²) in [5, 5.41) is 2.58. The number of nitrogens with one attached hydrogen (secondary N) is 1. The predicted octanol–water partition coefficient (Wildman–Crippen LogP) is 2.68. The molecule has 0 saturated heterocycles. The Morgan fingerprint density at radius 3 is 2.54 bits per heavy atom. The van der Waals surface area contributed by atoms with E-state index in [1.807, 2.05) is 18.2 Å². The third kappa shape index (κ3) is 4.38. The molecule has 1 aromatic rings. The number of carbonyl (C=O) groups is 1. The fourth-order valence-corrected chi connectivity index (χ4v) is 0.807. The highest BCUT2D eigenvalue weighted by Crippen LogP contribution is 2.04. The fourth-order valence-electron chi connectivity index (χ4n) is 0.807. The van der Waals surface area contributed by atoms with Gasteiger partial charge < -0.3 is 4.74 Å². The number of hydrogen-bond acceptors (Lipinski definition) is 2.